The summed E-state index contributed by atoms with van der Waals surface area (Å²) in [5, 5.41) is 9.44. The first-order valence-corrected chi connectivity index (χ1v) is 13.8. The molecule has 0 amide bonds. The predicted molar refractivity (Wildman–Crippen MR) is 134 cm³/mol. The Morgan fingerprint density at radius 3 is 2.21 bits per heavy atom. The van der Waals surface area contributed by atoms with Crippen molar-refractivity contribution in [1.29, 1.82) is 0 Å². The van der Waals surface area contributed by atoms with E-state index in [0.29, 0.717) is 18.6 Å². The second-order valence-corrected chi connectivity index (χ2v) is 10.5. The summed E-state index contributed by atoms with van der Waals surface area (Å²) in [5.41, 5.74) is 3.07. The van der Waals surface area contributed by atoms with E-state index in [0.717, 1.165) is 40.0 Å². The van der Waals surface area contributed by atoms with E-state index in [9.17, 15) is 18.3 Å². The van der Waals surface area contributed by atoms with Crippen LogP contribution < -0.4 is 8.92 Å². The van der Waals surface area contributed by atoms with Crippen molar-refractivity contribution in [3.05, 3.63) is 83.4 Å². The van der Waals surface area contributed by atoms with Gasteiger partial charge in [0.15, 0.2) is 0 Å². The van der Waals surface area contributed by atoms with Crippen molar-refractivity contribution in [3.8, 4) is 17.2 Å². The fourth-order valence-electron chi connectivity index (χ4n) is 3.28. The van der Waals surface area contributed by atoms with Crippen molar-refractivity contribution in [3.63, 3.8) is 0 Å². The van der Waals surface area contributed by atoms with Gasteiger partial charge in [-0.05, 0) is 66.3 Å². The van der Waals surface area contributed by atoms with Crippen molar-refractivity contribution >= 4 is 27.8 Å². The molecule has 8 heteroatoms. The first kappa shape index (κ1) is 25.6. The molecular weight excluding hydrogens is 472 g/mol. The van der Waals surface area contributed by atoms with Crippen LogP contribution in [0.25, 0.3) is 0 Å². The van der Waals surface area contributed by atoms with E-state index in [-0.39, 0.29) is 23.9 Å². The third-order valence-corrected chi connectivity index (χ3v) is 6.54. The summed E-state index contributed by atoms with van der Waals surface area (Å²) >= 11 is 1.63. The van der Waals surface area contributed by atoms with Gasteiger partial charge in [-0.15, -0.1) is 11.8 Å². The first-order valence-electron chi connectivity index (χ1n) is 10.9. The zero-order valence-corrected chi connectivity index (χ0v) is 20.8. The Kier molecular flexibility index (Phi) is 9.01. The van der Waals surface area contributed by atoms with E-state index in [1.807, 2.05) is 42.5 Å². The maximum Gasteiger partial charge on any atom is 0.310 e. The molecule has 0 aliphatic rings. The van der Waals surface area contributed by atoms with Gasteiger partial charge in [0.1, 0.15) is 17.2 Å². The van der Waals surface area contributed by atoms with E-state index in [2.05, 4.69) is 0 Å². The summed E-state index contributed by atoms with van der Waals surface area (Å²) in [7, 11) is -3.56. The lowest BCUT2D eigenvalue weighted by Gasteiger charge is -2.15. The van der Waals surface area contributed by atoms with Crippen LogP contribution in [0.3, 0.4) is 0 Å². The minimum Gasteiger partial charge on any atom is -0.508 e. The molecule has 0 saturated heterocycles. The fraction of sp³-hybridized carbons (Fsp3) is 0.269. The minimum atomic E-state index is -3.56. The van der Waals surface area contributed by atoms with Crippen LogP contribution in [0.5, 0.6) is 17.2 Å². The number of esters is 1. The molecule has 1 N–H and O–H groups in total. The summed E-state index contributed by atoms with van der Waals surface area (Å²) in [5.74, 6) is 1.63. The number of rotatable bonds is 11. The highest BCUT2D eigenvalue weighted by Crippen LogP contribution is 2.34. The van der Waals surface area contributed by atoms with Crippen molar-refractivity contribution in [2.24, 2.45) is 0 Å². The third kappa shape index (κ3) is 8.11. The van der Waals surface area contributed by atoms with E-state index in [1.165, 1.54) is 0 Å². The monoisotopic (exact) mass is 500 g/mol. The molecule has 0 fully saturated rings. The molecule has 0 aliphatic heterocycles. The number of ether oxygens (including phenoxy) is 1. The molecule has 0 saturated carbocycles. The van der Waals surface area contributed by atoms with Gasteiger partial charge in [0.2, 0.25) is 0 Å². The smallest absolute Gasteiger partial charge is 0.310 e. The van der Waals surface area contributed by atoms with E-state index < -0.39 is 10.1 Å². The van der Waals surface area contributed by atoms with Crippen LogP contribution in [-0.2, 0) is 34.2 Å². The molecule has 0 aromatic heterocycles. The number of carbonyl (C=O) groups excluding carboxylic acids is 1. The molecule has 180 valence electrons. The van der Waals surface area contributed by atoms with Crippen LogP contribution in [0, 0.1) is 0 Å². The summed E-state index contributed by atoms with van der Waals surface area (Å²) in [6.45, 7) is 1.77. The number of carbonyl (C=O) groups is 1. The van der Waals surface area contributed by atoms with Crippen LogP contribution in [0.2, 0.25) is 0 Å². The number of phenolic OH excluding ortho intramolecular Hbond substituents is 1. The number of aromatic hydroxyl groups is 1. The number of phenols is 1. The van der Waals surface area contributed by atoms with Gasteiger partial charge in [-0.25, -0.2) is 0 Å². The molecule has 0 heterocycles. The third-order valence-electron chi connectivity index (χ3n) is 5.00. The second kappa shape index (κ2) is 11.9. The Morgan fingerprint density at radius 2 is 1.56 bits per heavy atom. The Hall–Kier alpha value is -2.97. The van der Waals surface area contributed by atoms with E-state index >= 15 is 0 Å². The topological polar surface area (TPSA) is 89.9 Å². The standard InChI is InChI=1S/C26H28O6S2/c1-3-25(28)31-26-21(12-7-19-10-15-23(16-11-19)32-34(2,29)30)5-4-6-24(26)33-18-17-20-8-13-22(27)14-9-20/h4-6,8-11,13-16,27H,3,7,12,17-18H2,1-2H3. The summed E-state index contributed by atoms with van der Waals surface area (Å²) in [6, 6.07) is 19.9. The van der Waals surface area contributed by atoms with Crippen LogP contribution in [0.4, 0.5) is 0 Å². The van der Waals surface area contributed by atoms with Crippen LogP contribution >= 0.6 is 11.8 Å². The van der Waals surface area contributed by atoms with Gasteiger partial charge in [0.25, 0.3) is 0 Å². The fourth-order valence-corrected chi connectivity index (χ4v) is 4.78. The van der Waals surface area contributed by atoms with Gasteiger partial charge in [-0.2, -0.15) is 8.42 Å². The predicted octanol–water partition coefficient (Wildman–Crippen LogP) is 5.17. The number of thioether (sulfide) groups is 1. The highest BCUT2D eigenvalue weighted by molar-refractivity contribution is 7.99. The number of hydrogen-bond donors (Lipinski definition) is 1. The van der Waals surface area contributed by atoms with Crippen molar-refractivity contribution < 1.29 is 27.2 Å². The first-order chi connectivity index (χ1) is 16.2. The Morgan fingerprint density at radius 1 is 0.912 bits per heavy atom. The second-order valence-electron chi connectivity index (χ2n) is 7.77. The average Bonchev–Trinajstić information content (AvgIpc) is 2.80. The maximum atomic E-state index is 12.1. The SMILES string of the molecule is CCC(=O)Oc1c(CCc2ccc(OS(C)(=O)=O)cc2)cccc1SCCc1ccc(O)cc1. The molecule has 34 heavy (non-hydrogen) atoms. The van der Waals surface area contributed by atoms with Crippen molar-refractivity contribution in [2.45, 2.75) is 37.5 Å². The molecule has 0 aliphatic carbocycles. The number of benzene rings is 3. The lowest BCUT2D eigenvalue weighted by molar-refractivity contribution is -0.134. The van der Waals surface area contributed by atoms with Crippen molar-refractivity contribution in [2.75, 3.05) is 12.0 Å². The summed E-state index contributed by atoms with van der Waals surface area (Å²) in [4.78, 5) is 13.0. The van der Waals surface area contributed by atoms with Gasteiger partial charge in [0.05, 0.1) is 11.2 Å². The van der Waals surface area contributed by atoms with Crippen LogP contribution in [-0.4, -0.2) is 31.5 Å². The number of hydrogen-bond acceptors (Lipinski definition) is 7. The molecule has 3 aromatic carbocycles. The van der Waals surface area contributed by atoms with Gasteiger partial charge < -0.3 is 14.0 Å². The van der Waals surface area contributed by atoms with Gasteiger partial charge in [-0.3, -0.25) is 4.79 Å². The largest absolute Gasteiger partial charge is 0.508 e. The average molecular weight is 501 g/mol. The molecule has 0 unspecified atom stereocenters. The lowest BCUT2D eigenvalue weighted by Crippen LogP contribution is -2.09. The highest BCUT2D eigenvalue weighted by atomic mass is 32.2. The molecule has 0 spiro atoms. The molecule has 3 rings (SSSR count). The summed E-state index contributed by atoms with van der Waals surface area (Å²) < 4.78 is 33.2. The van der Waals surface area contributed by atoms with Gasteiger partial charge in [0, 0.05) is 12.2 Å². The van der Waals surface area contributed by atoms with E-state index in [1.54, 1.807) is 43.0 Å². The molecule has 3 aromatic rings. The quantitative estimate of drug-likeness (QED) is 0.168. The maximum absolute atomic E-state index is 12.1. The van der Waals surface area contributed by atoms with Gasteiger partial charge >= 0.3 is 16.1 Å². The molecule has 6 nitrogen and oxygen atoms in total. The van der Waals surface area contributed by atoms with Gasteiger partial charge in [-0.1, -0.05) is 43.3 Å². The zero-order valence-electron chi connectivity index (χ0n) is 19.2. The molecular formula is C26H28O6S2. The normalized spacial score (nSPS) is 11.2. The Labute approximate surface area is 205 Å². The molecule has 0 radical (unpaired) electrons. The number of aryl methyl sites for hydroxylation is 3. The van der Waals surface area contributed by atoms with Crippen LogP contribution in [0.1, 0.15) is 30.0 Å². The highest BCUT2D eigenvalue weighted by Gasteiger charge is 2.14. The zero-order chi connectivity index (χ0) is 24.6. The van der Waals surface area contributed by atoms with Crippen molar-refractivity contribution in [1.82, 2.24) is 0 Å². The molecule has 0 atom stereocenters. The Bertz CT molecular complexity index is 1200. The minimum absolute atomic E-state index is 0.246. The van der Waals surface area contributed by atoms with E-state index in [4.69, 9.17) is 8.92 Å². The summed E-state index contributed by atoms with van der Waals surface area (Å²) in [6.07, 6.45) is 3.46. The molecule has 0 bridgehead atoms. The number of para-hydroxylation sites is 1. The Balaban J connectivity index is 1.70. The lowest BCUT2D eigenvalue weighted by atomic mass is 10.0. The van der Waals surface area contributed by atoms with Crippen LogP contribution in [0.15, 0.2) is 71.6 Å².